The Morgan fingerprint density at radius 3 is 1.74 bits per heavy atom. The number of phosphoric acid groups is 1. The molecule has 0 spiro atoms. The van der Waals surface area contributed by atoms with Crippen molar-refractivity contribution >= 4 is 19.8 Å². The Kier molecular flexibility index (Phi) is 27.3. The topological polar surface area (TPSA) is 119 Å². The van der Waals surface area contributed by atoms with Gasteiger partial charge in [-0.05, 0) is 44.4 Å². The van der Waals surface area contributed by atoms with Crippen LogP contribution in [0.15, 0.2) is 24.3 Å². The van der Waals surface area contributed by atoms with Crippen molar-refractivity contribution in [3.05, 3.63) is 24.3 Å². The number of hydrogen-bond donors (Lipinski definition) is 2. The van der Waals surface area contributed by atoms with Crippen LogP contribution in [-0.4, -0.2) is 41.0 Å². The molecule has 0 amide bonds. The van der Waals surface area contributed by atoms with Gasteiger partial charge >= 0.3 is 19.8 Å². The Morgan fingerprint density at radius 1 is 0.690 bits per heavy atom. The average molecular weight is 617 g/mol. The first-order valence-corrected chi connectivity index (χ1v) is 18.0. The molecule has 0 aromatic heterocycles. The first-order chi connectivity index (χ1) is 20.1. The van der Waals surface area contributed by atoms with Crippen LogP contribution in [0, 0.1) is 5.92 Å². The maximum atomic E-state index is 12.3. The fourth-order valence-corrected chi connectivity index (χ4v) is 4.79. The SMILES string of the molecule is CCCCCC/C=C\C=C/CCCCCCCC(=O)O[C@H](COC(=O)CCCCCCCCC(C)C)COP(=O)(O)O. The van der Waals surface area contributed by atoms with Gasteiger partial charge in [-0.1, -0.05) is 122 Å². The van der Waals surface area contributed by atoms with Crippen LogP contribution in [0.1, 0.15) is 149 Å². The lowest BCUT2D eigenvalue weighted by Crippen LogP contribution is -2.29. The molecule has 42 heavy (non-hydrogen) atoms. The van der Waals surface area contributed by atoms with Gasteiger partial charge in [0.2, 0.25) is 0 Å². The number of rotatable bonds is 29. The molecule has 246 valence electrons. The number of carbonyl (C=O) groups is 2. The Labute approximate surface area is 256 Å². The summed E-state index contributed by atoms with van der Waals surface area (Å²) in [5.74, 6) is -0.173. The van der Waals surface area contributed by atoms with Crippen LogP contribution < -0.4 is 0 Å². The lowest BCUT2D eigenvalue weighted by Gasteiger charge is -2.18. The number of carbonyl (C=O) groups excluding carboxylic acids is 2. The highest BCUT2D eigenvalue weighted by atomic mass is 31.2. The summed E-state index contributed by atoms with van der Waals surface area (Å²) in [5, 5.41) is 0. The molecule has 0 aliphatic heterocycles. The smallest absolute Gasteiger partial charge is 0.462 e. The van der Waals surface area contributed by atoms with Crippen molar-refractivity contribution < 1.29 is 37.9 Å². The van der Waals surface area contributed by atoms with Gasteiger partial charge in [0.25, 0.3) is 0 Å². The Morgan fingerprint density at radius 2 is 1.19 bits per heavy atom. The standard InChI is InChI=1S/C33H61O8P/c1-4-5-6-7-8-9-10-11-12-13-14-15-16-21-24-27-33(35)41-31(29-40-42(36,37)38)28-39-32(34)26-23-20-18-17-19-22-25-30(2)3/h9-12,30-31H,4-8,13-29H2,1-3H3,(H2,36,37,38)/b10-9-,12-11-/t31-/m1/s1. The van der Waals surface area contributed by atoms with Gasteiger partial charge in [-0.3, -0.25) is 14.1 Å². The predicted molar refractivity (Wildman–Crippen MR) is 170 cm³/mol. The highest BCUT2D eigenvalue weighted by Crippen LogP contribution is 2.35. The third-order valence-corrected chi connectivity index (χ3v) is 7.41. The van der Waals surface area contributed by atoms with E-state index < -0.39 is 32.5 Å². The van der Waals surface area contributed by atoms with Gasteiger partial charge in [0.15, 0.2) is 6.10 Å². The summed E-state index contributed by atoms with van der Waals surface area (Å²) in [4.78, 5) is 42.4. The first kappa shape index (κ1) is 40.5. The normalized spacial score (nSPS) is 12.9. The highest BCUT2D eigenvalue weighted by Gasteiger charge is 2.22. The molecule has 0 aromatic carbocycles. The fraction of sp³-hybridized carbons (Fsp3) is 0.818. The molecule has 0 fully saturated rings. The summed E-state index contributed by atoms with van der Waals surface area (Å²) in [5.41, 5.74) is 0. The van der Waals surface area contributed by atoms with E-state index >= 15 is 0 Å². The van der Waals surface area contributed by atoms with Crippen molar-refractivity contribution in [1.82, 2.24) is 0 Å². The molecule has 0 bridgehead atoms. The summed E-state index contributed by atoms with van der Waals surface area (Å²) in [6, 6.07) is 0. The molecule has 2 N–H and O–H groups in total. The van der Waals surface area contributed by atoms with Gasteiger partial charge in [0, 0.05) is 12.8 Å². The Bertz CT molecular complexity index is 759. The molecular formula is C33H61O8P. The maximum Gasteiger partial charge on any atom is 0.469 e. The van der Waals surface area contributed by atoms with E-state index in [1.807, 2.05) is 0 Å². The van der Waals surface area contributed by atoms with Gasteiger partial charge < -0.3 is 19.3 Å². The predicted octanol–water partition coefficient (Wildman–Crippen LogP) is 9.14. The summed E-state index contributed by atoms with van der Waals surface area (Å²) < 4.78 is 26.1. The lowest BCUT2D eigenvalue weighted by atomic mass is 10.0. The van der Waals surface area contributed by atoms with Crippen LogP contribution in [-0.2, 0) is 28.2 Å². The van der Waals surface area contributed by atoms with Gasteiger partial charge in [-0.15, -0.1) is 0 Å². The Hall–Kier alpha value is -1.47. The molecule has 0 heterocycles. The monoisotopic (exact) mass is 616 g/mol. The summed E-state index contributed by atoms with van der Waals surface area (Å²) in [6.07, 6.45) is 27.8. The molecule has 0 aromatic rings. The van der Waals surface area contributed by atoms with Gasteiger partial charge in [0.1, 0.15) is 6.61 Å². The first-order valence-electron chi connectivity index (χ1n) is 16.5. The van der Waals surface area contributed by atoms with E-state index in [1.54, 1.807) is 0 Å². The summed E-state index contributed by atoms with van der Waals surface area (Å²) in [6.45, 7) is 5.85. The Balaban J connectivity index is 4.06. The van der Waals surface area contributed by atoms with Crippen LogP contribution in [0.5, 0.6) is 0 Å². The number of unbranched alkanes of at least 4 members (excludes halogenated alkanes) is 14. The number of ether oxygens (including phenoxy) is 2. The second-order valence-electron chi connectivity index (χ2n) is 11.6. The van der Waals surface area contributed by atoms with Gasteiger partial charge in [-0.2, -0.15) is 0 Å². The molecule has 0 aliphatic carbocycles. The summed E-state index contributed by atoms with van der Waals surface area (Å²) in [7, 11) is -4.74. The largest absolute Gasteiger partial charge is 0.469 e. The van der Waals surface area contributed by atoms with Crippen molar-refractivity contribution in [2.45, 2.75) is 155 Å². The zero-order valence-corrected chi connectivity index (χ0v) is 27.7. The van der Waals surface area contributed by atoms with E-state index in [1.165, 1.54) is 44.9 Å². The van der Waals surface area contributed by atoms with Crippen molar-refractivity contribution in [3.8, 4) is 0 Å². The molecule has 0 saturated heterocycles. The molecule has 8 nitrogen and oxygen atoms in total. The fourth-order valence-electron chi connectivity index (χ4n) is 4.43. The molecular weight excluding hydrogens is 555 g/mol. The van der Waals surface area contributed by atoms with Crippen molar-refractivity contribution in [1.29, 1.82) is 0 Å². The second kappa shape index (κ2) is 28.3. The van der Waals surface area contributed by atoms with E-state index in [4.69, 9.17) is 19.3 Å². The zero-order valence-electron chi connectivity index (χ0n) is 26.8. The molecule has 0 radical (unpaired) electrons. The van der Waals surface area contributed by atoms with Crippen molar-refractivity contribution in [3.63, 3.8) is 0 Å². The van der Waals surface area contributed by atoms with E-state index in [0.717, 1.165) is 70.1 Å². The number of allylic oxidation sites excluding steroid dienone is 4. The third kappa shape index (κ3) is 31.5. The van der Waals surface area contributed by atoms with Crippen LogP contribution in [0.4, 0.5) is 0 Å². The van der Waals surface area contributed by atoms with E-state index in [9.17, 15) is 14.2 Å². The molecule has 0 aliphatic rings. The number of phosphoric ester groups is 1. The minimum absolute atomic E-state index is 0.195. The van der Waals surface area contributed by atoms with Crippen molar-refractivity contribution in [2.24, 2.45) is 5.92 Å². The van der Waals surface area contributed by atoms with Crippen molar-refractivity contribution in [2.75, 3.05) is 13.2 Å². The van der Waals surface area contributed by atoms with Crippen LogP contribution in [0.3, 0.4) is 0 Å². The van der Waals surface area contributed by atoms with E-state index in [2.05, 4.69) is 49.6 Å². The quantitative estimate of drug-likeness (QED) is 0.0369. The minimum atomic E-state index is -4.74. The van der Waals surface area contributed by atoms with E-state index in [0.29, 0.717) is 6.42 Å². The third-order valence-electron chi connectivity index (χ3n) is 6.93. The van der Waals surface area contributed by atoms with Gasteiger partial charge in [0.05, 0.1) is 6.61 Å². The molecule has 9 heteroatoms. The number of esters is 2. The van der Waals surface area contributed by atoms with E-state index in [-0.39, 0.29) is 19.4 Å². The maximum absolute atomic E-state index is 12.3. The van der Waals surface area contributed by atoms with Crippen LogP contribution >= 0.6 is 7.82 Å². The summed E-state index contributed by atoms with van der Waals surface area (Å²) >= 11 is 0. The molecule has 0 rings (SSSR count). The minimum Gasteiger partial charge on any atom is -0.462 e. The molecule has 0 unspecified atom stereocenters. The number of hydrogen-bond acceptors (Lipinski definition) is 6. The van der Waals surface area contributed by atoms with Crippen LogP contribution in [0.2, 0.25) is 0 Å². The second-order valence-corrected chi connectivity index (χ2v) is 12.9. The molecule has 0 saturated carbocycles. The van der Waals surface area contributed by atoms with Crippen LogP contribution in [0.25, 0.3) is 0 Å². The average Bonchev–Trinajstić information content (AvgIpc) is 2.93. The molecule has 1 atom stereocenters. The highest BCUT2D eigenvalue weighted by molar-refractivity contribution is 7.46. The zero-order chi connectivity index (χ0) is 31.3. The van der Waals surface area contributed by atoms with Gasteiger partial charge in [-0.25, -0.2) is 4.57 Å². The lowest BCUT2D eigenvalue weighted by molar-refractivity contribution is -0.161.